The Morgan fingerprint density at radius 1 is 0.944 bits per heavy atom. The van der Waals surface area contributed by atoms with Crippen molar-refractivity contribution in [3.8, 4) is 11.5 Å². The molecule has 0 amide bonds. The molecule has 0 spiro atoms. The van der Waals surface area contributed by atoms with Crippen LogP contribution in [0.5, 0.6) is 11.5 Å². The maximum Gasteiger partial charge on any atom is 0.231 e. The Hall–Kier alpha value is -3.58. The molecule has 1 unspecified atom stereocenters. The van der Waals surface area contributed by atoms with Crippen LogP contribution in [0.2, 0.25) is 0 Å². The Morgan fingerprint density at radius 3 is 2.56 bits per heavy atom. The second-order valence-corrected chi connectivity index (χ2v) is 11.3. The van der Waals surface area contributed by atoms with E-state index in [-0.39, 0.29) is 17.5 Å². The van der Waals surface area contributed by atoms with Gasteiger partial charge in [0.25, 0.3) is 0 Å². The van der Waals surface area contributed by atoms with Crippen LogP contribution in [0.1, 0.15) is 47.2 Å². The molecule has 0 saturated carbocycles. The van der Waals surface area contributed by atoms with Crippen LogP contribution < -0.4 is 14.8 Å². The van der Waals surface area contributed by atoms with Gasteiger partial charge in [-0.05, 0) is 74.6 Å². The number of allylic oxidation sites excluding steroid dienone is 1. The number of sulfone groups is 1. The lowest BCUT2D eigenvalue weighted by atomic mass is 9.98. The van der Waals surface area contributed by atoms with E-state index >= 15 is 0 Å². The van der Waals surface area contributed by atoms with E-state index in [1.54, 1.807) is 42.5 Å². The minimum absolute atomic E-state index is 0.155. The summed E-state index contributed by atoms with van der Waals surface area (Å²) in [6.45, 7) is 2.17. The molecule has 2 heterocycles. The van der Waals surface area contributed by atoms with Crippen molar-refractivity contribution in [2.75, 3.05) is 12.1 Å². The van der Waals surface area contributed by atoms with Gasteiger partial charge in [-0.3, -0.25) is 4.79 Å². The number of anilines is 1. The van der Waals surface area contributed by atoms with Gasteiger partial charge in [-0.15, -0.1) is 0 Å². The molecule has 0 aliphatic carbocycles. The molecule has 2 aliphatic rings. The van der Waals surface area contributed by atoms with Crippen molar-refractivity contribution in [2.45, 2.75) is 49.2 Å². The Balaban J connectivity index is 1.28. The predicted octanol–water partition coefficient (Wildman–Crippen LogP) is 5.86. The van der Waals surface area contributed by atoms with Gasteiger partial charge >= 0.3 is 0 Å². The normalized spacial score (nSPS) is 17.6. The van der Waals surface area contributed by atoms with E-state index in [0.717, 1.165) is 42.7 Å². The van der Waals surface area contributed by atoms with Gasteiger partial charge in [-0.1, -0.05) is 48.4 Å². The second kappa shape index (κ2) is 10.2. The molecule has 1 atom stereocenters. The van der Waals surface area contributed by atoms with Crippen LogP contribution in [-0.4, -0.2) is 26.2 Å². The van der Waals surface area contributed by atoms with Crippen LogP contribution in [0.15, 0.2) is 83.4 Å². The number of para-hydroxylation sites is 1. The molecular weight excluding hydrogens is 474 g/mol. The molecule has 3 aromatic carbocycles. The molecule has 3 aromatic rings. The van der Waals surface area contributed by atoms with Crippen molar-refractivity contribution in [3.63, 3.8) is 0 Å². The zero-order chi connectivity index (χ0) is 25.1. The van der Waals surface area contributed by atoms with Crippen LogP contribution >= 0.6 is 0 Å². The summed E-state index contributed by atoms with van der Waals surface area (Å²) in [5.41, 5.74) is 3.66. The highest BCUT2D eigenvalue weighted by atomic mass is 32.2. The zero-order valence-electron chi connectivity index (χ0n) is 20.2. The summed E-state index contributed by atoms with van der Waals surface area (Å²) in [4.78, 5) is 13.6. The molecule has 36 heavy (non-hydrogen) atoms. The third-order valence-corrected chi connectivity index (χ3v) is 8.64. The van der Waals surface area contributed by atoms with E-state index in [9.17, 15) is 13.2 Å². The first-order valence-electron chi connectivity index (χ1n) is 12.2. The predicted molar refractivity (Wildman–Crippen MR) is 139 cm³/mol. The molecule has 2 aliphatic heterocycles. The van der Waals surface area contributed by atoms with Crippen LogP contribution in [-0.2, 0) is 16.3 Å². The van der Waals surface area contributed by atoms with Gasteiger partial charge in [0.15, 0.2) is 32.4 Å². The molecule has 186 valence electrons. The molecule has 5 rings (SSSR count). The first-order valence-corrected chi connectivity index (χ1v) is 13.8. The fourth-order valence-corrected chi connectivity index (χ4v) is 6.33. The quantitative estimate of drug-likeness (QED) is 0.388. The molecule has 0 bridgehead atoms. The lowest BCUT2D eigenvalue weighted by Crippen LogP contribution is -2.39. The first-order chi connectivity index (χ1) is 17.4. The molecule has 0 aromatic heterocycles. The fraction of sp³-hybridized carbons (Fsp3) is 0.276. The lowest BCUT2D eigenvalue weighted by molar-refractivity contribution is 0.0994. The van der Waals surface area contributed by atoms with Gasteiger partial charge in [-0.2, -0.15) is 0 Å². The van der Waals surface area contributed by atoms with Gasteiger partial charge in [0, 0.05) is 16.9 Å². The van der Waals surface area contributed by atoms with Crippen molar-refractivity contribution < 1.29 is 22.7 Å². The van der Waals surface area contributed by atoms with Gasteiger partial charge in [0.2, 0.25) is 6.79 Å². The number of carbonyl (C=O) groups is 1. The number of ether oxygens (including phenoxy) is 2. The Labute approximate surface area is 211 Å². The standard InChI is InChI=1S/C29H29NO5S/c1-20-12-15-22(16-13-20)36(32,33)29-25(30-24-10-7-6-9-23(24)28(29)31)11-5-3-2-4-8-21-14-17-26-27(18-21)35-19-34-26/h6-7,9-18,29-30H,2-5,8,19H2,1H3/b25-11+. The summed E-state index contributed by atoms with van der Waals surface area (Å²) in [7, 11) is -3.91. The maximum absolute atomic E-state index is 13.6. The highest BCUT2D eigenvalue weighted by Crippen LogP contribution is 2.34. The third kappa shape index (κ3) is 4.88. The summed E-state index contributed by atoms with van der Waals surface area (Å²) in [5, 5.41) is 1.97. The van der Waals surface area contributed by atoms with Gasteiger partial charge in [-0.25, -0.2) is 8.42 Å². The van der Waals surface area contributed by atoms with Crippen LogP contribution in [0.25, 0.3) is 0 Å². The number of aryl methyl sites for hydroxylation is 2. The summed E-state index contributed by atoms with van der Waals surface area (Å²) in [6, 6.07) is 19.8. The van der Waals surface area contributed by atoms with E-state index in [0.29, 0.717) is 23.4 Å². The van der Waals surface area contributed by atoms with Gasteiger partial charge in [0.1, 0.15) is 0 Å². The van der Waals surface area contributed by atoms with E-state index in [4.69, 9.17) is 9.47 Å². The highest BCUT2D eigenvalue weighted by Gasteiger charge is 2.41. The number of hydrogen-bond acceptors (Lipinski definition) is 6. The third-order valence-electron chi connectivity index (χ3n) is 6.62. The van der Waals surface area contributed by atoms with Crippen molar-refractivity contribution in [3.05, 3.63) is 95.2 Å². The number of rotatable bonds is 8. The monoisotopic (exact) mass is 503 g/mol. The molecule has 0 saturated heterocycles. The average molecular weight is 504 g/mol. The van der Waals surface area contributed by atoms with Crippen LogP contribution in [0.4, 0.5) is 5.69 Å². The number of ketones is 1. The Kier molecular flexibility index (Phi) is 6.83. The van der Waals surface area contributed by atoms with Crippen molar-refractivity contribution in [1.82, 2.24) is 0 Å². The van der Waals surface area contributed by atoms with Crippen molar-refractivity contribution >= 4 is 21.3 Å². The van der Waals surface area contributed by atoms with E-state index < -0.39 is 15.1 Å². The average Bonchev–Trinajstić information content (AvgIpc) is 3.34. The lowest BCUT2D eigenvalue weighted by Gasteiger charge is -2.28. The number of fused-ring (bicyclic) bond motifs is 2. The molecular formula is C29H29NO5S. The minimum Gasteiger partial charge on any atom is -0.454 e. The minimum atomic E-state index is -3.91. The number of nitrogens with one attached hydrogen (secondary N) is 1. The highest BCUT2D eigenvalue weighted by molar-refractivity contribution is 7.93. The Bertz CT molecular complexity index is 1410. The van der Waals surface area contributed by atoms with Gasteiger partial charge in [0.05, 0.1) is 4.90 Å². The zero-order valence-corrected chi connectivity index (χ0v) is 21.0. The van der Waals surface area contributed by atoms with Gasteiger partial charge < -0.3 is 14.8 Å². The van der Waals surface area contributed by atoms with Crippen LogP contribution in [0.3, 0.4) is 0 Å². The first kappa shape index (κ1) is 24.1. The maximum atomic E-state index is 13.6. The van der Waals surface area contributed by atoms with Crippen molar-refractivity contribution in [1.29, 1.82) is 0 Å². The molecule has 0 radical (unpaired) electrons. The SMILES string of the molecule is Cc1ccc(S(=O)(=O)C2C(=O)c3ccccc3N/C2=C/CCCCCc2ccc3c(c2)OCO3)cc1. The van der Waals surface area contributed by atoms with Crippen LogP contribution in [0, 0.1) is 6.92 Å². The number of unbranched alkanes of at least 4 members (excludes halogenated alkanes) is 3. The smallest absolute Gasteiger partial charge is 0.231 e. The Morgan fingerprint density at radius 2 is 1.72 bits per heavy atom. The second-order valence-electron chi connectivity index (χ2n) is 9.22. The molecule has 7 heteroatoms. The molecule has 6 nitrogen and oxygen atoms in total. The summed E-state index contributed by atoms with van der Waals surface area (Å²) < 4.78 is 38.0. The van der Waals surface area contributed by atoms with E-state index in [2.05, 4.69) is 11.4 Å². The van der Waals surface area contributed by atoms with E-state index in [1.807, 2.05) is 31.2 Å². The molecule has 0 fully saturated rings. The molecule has 1 N–H and O–H groups in total. The number of benzene rings is 3. The largest absolute Gasteiger partial charge is 0.454 e. The van der Waals surface area contributed by atoms with Crippen molar-refractivity contribution in [2.24, 2.45) is 0 Å². The fourth-order valence-electron chi connectivity index (χ4n) is 4.64. The summed E-state index contributed by atoms with van der Waals surface area (Å²) in [5.74, 6) is 1.20. The number of Topliss-reactive ketones (excluding diaryl/α,β-unsaturated/α-hetero) is 1. The summed E-state index contributed by atoms with van der Waals surface area (Å²) >= 11 is 0. The number of hydrogen-bond donors (Lipinski definition) is 1. The summed E-state index contributed by atoms with van der Waals surface area (Å²) in [6.07, 6.45) is 6.37. The topological polar surface area (TPSA) is 81.7 Å². The van der Waals surface area contributed by atoms with E-state index in [1.165, 1.54) is 5.56 Å². The number of carbonyl (C=O) groups excluding carboxylic acids is 1.